The smallest absolute Gasteiger partial charge is 0.330 e. The Kier molecular flexibility index (Phi) is 7.01. The van der Waals surface area contributed by atoms with Crippen molar-refractivity contribution in [3.63, 3.8) is 0 Å². The first-order valence-electron chi connectivity index (χ1n) is 6.85. The Morgan fingerprint density at radius 2 is 2.00 bits per heavy atom. The lowest BCUT2D eigenvalue weighted by Gasteiger charge is -2.12. The number of nitriles is 1. The van der Waals surface area contributed by atoms with Crippen LogP contribution in [0.3, 0.4) is 0 Å². The number of rotatable bonds is 7. The summed E-state index contributed by atoms with van der Waals surface area (Å²) in [5, 5.41) is 20.2. The molecule has 0 bridgehead atoms. The number of carboxylic acids is 1. The SMILES string of the molecule is CCOC(=O)/C=C/C[C@@H](NC(=O)c1ccc(C#N)cc1)C(=O)O. The van der Waals surface area contributed by atoms with Gasteiger partial charge in [0.1, 0.15) is 6.04 Å². The van der Waals surface area contributed by atoms with Crippen molar-refractivity contribution in [3.05, 3.63) is 47.5 Å². The van der Waals surface area contributed by atoms with E-state index in [1.54, 1.807) is 6.92 Å². The number of ether oxygens (including phenoxy) is 1. The molecule has 2 N–H and O–H groups in total. The topological polar surface area (TPSA) is 116 Å². The predicted molar refractivity (Wildman–Crippen MR) is 80.4 cm³/mol. The van der Waals surface area contributed by atoms with Crippen LogP contribution in [0.4, 0.5) is 0 Å². The first-order valence-corrected chi connectivity index (χ1v) is 6.85. The highest BCUT2D eigenvalue weighted by molar-refractivity contribution is 5.96. The molecule has 120 valence electrons. The second-order valence-corrected chi connectivity index (χ2v) is 4.44. The van der Waals surface area contributed by atoms with Gasteiger partial charge in [-0.2, -0.15) is 5.26 Å². The lowest BCUT2D eigenvalue weighted by Crippen LogP contribution is -2.40. The van der Waals surface area contributed by atoms with Crippen LogP contribution < -0.4 is 5.32 Å². The molecule has 0 aliphatic carbocycles. The van der Waals surface area contributed by atoms with Gasteiger partial charge in [-0.05, 0) is 37.6 Å². The zero-order valence-electron chi connectivity index (χ0n) is 12.5. The summed E-state index contributed by atoms with van der Waals surface area (Å²) in [6, 6.07) is 6.54. The maximum atomic E-state index is 12.0. The lowest BCUT2D eigenvalue weighted by molar-refractivity contribution is -0.139. The quantitative estimate of drug-likeness (QED) is 0.577. The number of carbonyl (C=O) groups is 3. The molecule has 0 spiro atoms. The van der Waals surface area contributed by atoms with Crippen LogP contribution in [0.1, 0.15) is 29.3 Å². The van der Waals surface area contributed by atoms with E-state index in [0.29, 0.717) is 5.56 Å². The number of carbonyl (C=O) groups excluding carboxylic acids is 2. The second-order valence-electron chi connectivity index (χ2n) is 4.44. The lowest BCUT2D eigenvalue weighted by atomic mass is 10.1. The van der Waals surface area contributed by atoms with Gasteiger partial charge in [0.15, 0.2) is 0 Å². The molecule has 0 heterocycles. The van der Waals surface area contributed by atoms with Crippen molar-refractivity contribution < 1.29 is 24.2 Å². The molecule has 1 atom stereocenters. The van der Waals surface area contributed by atoms with E-state index in [1.807, 2.05) is 6.07 Å². The Morgan fingerprint density at radius 1 is 1.35 bits per heavy atom. The summed E-state index contributed by atoms with van der Waals surface area (Å²) >= 11 is 0. The van der Waals surface area contributed by atoms with Crippen LogP contribution in [-0.4, -0.2) is 35.6 Å². The third-order valence-corrected chi connectivity index (χ3v) is 2.79. The molecule has 7 nitrogen and oxygen atoms in total. The van der Waals surface area contributed by atoms with Crippen molar-refractivity contribution in [3.8, 4) is 6.07 Å². The van der Waals surface area contributed by atoms with Crippen molar-refractivity contribution in [1.82, 2.24) is 5.32 Å². The van der Waals surface area contributed by atoms with Crippen molar-refractivity contribution in [2.24, 2.45) is 0 Å². The van der Waals surface area contributed by atoms with Crippen LogP contribution in [0.25, 0.3) is 0 Å². The van der Waals surface area contributed by atoms with Crippen molar-refractivity contribution >= 4 is 17.8 Å². The first kappa shape index (κ1) is 17.9. The van der Waals surface area contributed by atoms with Gasteiger partial charge in [-0.1, -0.05) is 6.08 Å². The number of nitrogens with one attached hydrogen (secondary N) is 1. The molecule has 1 amide bonds. The Morgan fingerprint density at radius 3 is 2.52 bits per heavy atom. The maximum Gasteiger partial charge on any atom is 0.330 e. The highest BCUT2D eigenvalue weighted by Crippen LogP contribution is 2.05. The van der Waals surface area contributed by atoms with E-state index >= 15 is 0 Å². The molecule has 0 saturated heterocycles. The fraction of sp³-hybridized carbons (Fsp3) is 0.250. The molecule has 1 aromatic rings. The number of amides is 1. The van der Waals surface area contributed by atoms with E-state index in [2.05, 4.69) is 10.1 Å². The van der Waals surface area contributed by atoms with Crippen LogP contribution in [0.2, 0.25) is 0 Å². The minimum atomic E-state index is -1.22. The molecule has 0 aromatic heterocycles. The van der Waals surface area contributed by atoms with Gasteiger partial charge in [-0.3, -0.25) is 4.79 Å². The molecule has 0 saturated carbocycles. The summed E-state index contributed by atoms with van der Waals surface area (Å²) in [4.78, 5) is 34.3. The molecule has 23 heavy (non-hydrogen) atoms. The molecule has 1 aromatic carbocycles. The average Bonchev–Trinajstić information content (AvgIpc) is 2.54. The van der Waals surface area contributed by atoms with Crippen LogP contribution in [0.5, 0.6) is 0 Å². The molecular formula is C16H16N2O5. The minimum absolute atomic E-state index is 0.0594. The van der Waals surface area contributed by atoms with Crippen molar-refractivity contribution in [2.45, 2.75) is 19.4 Å². The largest absolute Gasteiger partial charge is 0.480 e. The van der Waals surface area contributed by atoms with Gasteiger partial charge >= 0.3 is 11.9 Å². The number of hydrogen-bond donors (Lipinski definition) is 2. The molecule has 0 aliphatic rings. The van der Waals surface area contributed by atoms with Crippen molar-refractivity contribution in [2.75, 3.05) is 6.61 Å². The Labute approximate surface area is 133 Å². The number of hydrogen-bond acceptors (Lipinski definition) is 5. The van der Waals surface area contributed by atoms with Gasteiger partial charge in [0.25, 0.3) is 5.91 Å². The van der Waals surface area contributed by atoms with E-state index in [4.69, 9.17) is 10.4 Å². The zero-order valence-corrected chi connectivity index (χ0v) is 12.5. The standard InChI is InChI=1S/C16H16N2O5/c1-2-23-14(19)5-3-4-13(16(21)22)18-15(20)12-8-6-11(10-17)7-9-12/h3,5-9,13H,2,4H2,1H3,(H,18,20)(H,21,22)/b5-3+/t13-/m1/s1. The van der Waals surface area contributed by atoms with Crippen molar-refractivity contribution in [1.29, 1.82) is 5.26 Å². The third kappa shape index (κ3) is 6.01. The highest BCUT2D eigenvalue weighted by atomic mass is 16.5. The summed E-state index contributed by atoms with van der Waals surface area (Å²) < 4.78 is 4.67. The van der Waals surface area contributed by atoms with E-state index < -0.39 is 23.9 Å². The third-order valence-electron chi connectivity index (χ3n) is 2.79. The molecule has 1 rings (SSSR count). The second kappa shape index (κ2) is 9.00. The average molecular weight is 316 g/mol. The summed E-state index contributed by atoms with van der Waals surface area (Å²) in [6.45, 7) is 1.88. The molecule has 0 unspecified atom stereocenters. The maximum absolute atomic E-state index is 12.0. The Balaban J connectivity index is 2.68. The van der Waals surface area contributed by atoms with E-state index in [9.17, 15) is 14.4 Å². The predicted octanol–water partition coefficient (Wildman–Crippen LogP) is 1.25. The van der Waals surface area contributed by atoms with Gasteiger partial charge in [-0.15, -0.1) is 0 Å². The number of aliphatic carboxylic acids is 1. The Hall–Kier alpha value is -3.14. The number of nitrogens with zero attached hydrogens (tertiary/aromatic N) is 1. The molecule has 0 aliphatic heterocycles. The summed E-state index contributed by atoms with van der Waals surface area (Å²) in [5.41, 5.74) is 0.637. The zero-order chi connectivity index (χ0) is 17.2. The van der Waals surface area contributed by atoms with E-state index in [-0.39, 0.29) is 18.6 Å². The Bertz CT molecular complexity index is 643. The summed E-state index contributed by atoms with van der Waals surface area (Å²) in [7, 11) is 0. The summed E-state index contributed by atoms with van der Waals surface area (Å²) in [5.74, 6) is -2.37. The molecular weight excluding hydrogens is 300 g/mol. The molecule has 0 fully saturated rings. The highest BCUT2D eigenvalue weighted by Gasteiger charge is 2.19. The molecule has 0 radical (unpaired) electrons. The summed E-state index contributed by atoms with van der Waals surface area (Å²) in [6.07, 6.45) is 2.39. The monoisotopic (exact) mass is 316 g/mol. The van der Waals surface area contributed by atoms with E-state index in [1.165, 1.54) is 30.3 Å². The minimum Gasteiger partial charge on any atom is -0.480 e. The van der Waals surface area contributed by atoms with E-state index in [0.717, 1.165) is 6.08 Å². The van der Waals surface area contributed by atoms with Gasteiger partial charge in [-0.25, -0.2) is 9.59 Å². The normalized spacial score (nSPS) is 11.5. The molecule has 7 heteroatoms. The van der Waals surface area contributed by atoms with Gasteiger partial charge in [0, 0.05) is 11.6 Å². The van der Waals surface area contributed by atoms with Crippen LogP contribution >= 0.6 is 0 Å². The fourth-order valence-electron chi connectivity index (χ4n) is 1.65. The van der Waals surface area contributed by atoms with Crippen LogP contribution in [0.15, 0.2) is 36.4 Å². The fourth-order valence-corrected chi connectivity index (χ4v) is 1.65. The van der Waals surface area contributed by atoms with Crippen LogP contribution in [-0.2, 0) is 14.3 Å². The number of esters is 1. The first-order chi connectivity index (χ1) is 11.0. The van der Waals surface area contributed by atoms with Gasteiger partial charge < -0.3 is 15.2 Å². The number of carboxylic acid groups (broad SMARTS) is 1. The van der Waals surface area contributed by atoms with Gasteiger partial charge in [0.2, 0.25) is 0 Å². The van der Waals surface area contributed by atoms with Crippen LogP contribution in [0, 0.1) is 11.3 Å². The van der Waals surface area contributed by atoms with Gasteiger partial charge in [0.05, 0.1) is 18.2 Å². The number of benzene rings is 1.